The number of H-pyrrole nitrogens is 1. The zero-order valence-electron chi connectivity index (χ0n) is 15.3. The number of halogens is 1. The van der Waals surface area contributed by atoms with E-state index in [9.17, 15) is 9.59 Å². The van der Waals surface area contributed by atoms with Gasteiger partial charge < -0.3 is 4.98 Å². The molecular formula is C21H14ClN5O2. The molecule has 0 fully saturated rings. The summed E-state index contributed by atoms with van der Waals surface area (Å²) in [5.74, 6) is 0. The molecule has 0 spiro atoms. The molecular weight excluding hydrogens is 390 g/mol. The third-order valence-corrected chi connectivity index (χ3v) is 4.99. The second-order valence-corrected chi connectivity index (χ2v) is 7.16. The maximum Gasteiger partial charge on any atom is 0.281 e. The Labute approximate surface area is 168 Å². The Kier molecular flexibility index (Phi) is 3.85. The number of aryl methyl sites for hydroxylation is 1. The number of aromatic amines is 1. The lowest BCUT2D eigenvalue weighted by Gasteiger charge is -2.11. The predicted molar refractivity (Wildman–Crippen MR) is 113 cm³/mol. The van der Waals surface area contributed by atoms with Gasteiger partial charge in [0.15, 0.2) is 0 Å². The molecule has 0 aliphatic heterocycles. The molecule has 0 amide bonds. The summed E-state index contributed by atoms with van der Waals surface area (Å²) in [6, 6.07) is 15.4. The molecule has 1 N–H and O–H groups in total. The van der Waals surface area contributed by atoms with E-state index in [1.54, 1.807) is 41.1 Å². The lowest BCUT2D eigenvalue weighted by molar-refractivity contribution is 0.780. The highest BCUT2D eigenvalue weighted by Crippen LogP contribution is 2.25. The Morgan fingerprint density at radius 3 is 2.48 bits per heavy atom. The summed E-state index contributed by atoms with van der Waals surface area (Å²) >= 11 is 6.01. The van der Waals surface area contributed by atoms with Gasteiger partial charge in [-0.2, -0.15) is 14.9 Å². The number of rotatable bonds is 2. The average Bonchev–Trinajstić information content (AvgIpc) is 3.08. The maximum atomic E-state index is 13.4. The number of hydrogen-bond acceptors (Lipinski definition) is 4. The third-order valence-electron chi connectivity index (χ3n) is 4.74. The van der Waals surface area contributed by atoms with Crippen LogP contribution < -0.4 is 11.1 Å². The van der Waals surface area contributed by atoms with Crippen LogP contribution in [0.5, 0.6) is 0 Å². The van der Waals surface area contributed by atoms with Crippen LogP contribution in [0.4, 0.5) is 0 Å². The molecule has 29 heavy (non-hydrogen) atoms. The monoisotopic (exact) mass is 403 g/mol. The Bertz CT molecular complexity index is 1510. The zero-order chi connectivity index (χ0) is 20.1. The van der Waals surface area contributed by atoms with Crippen molar-refractivity contribution >= 4 is 33.5 Å². The van der Waals surface area contributed by atoms with Crippen LogP contribution in [0, 0.1) is 0 Å². The maximum absolute atomic E-state index is 13.4. The molecule has 0 saturated heterocycles. The van der Waals surface area contributed by atoms with E-state index in [2.05, 4.69) is 15.2 Å². The fourth-order valence-corrected chi connectivity index (χ4v) is 3.56. The first-order chi connectivity index (χ1) is 14.0. The van der Waals surface area contributed by atoms with E-state index in [0.29, 0.717) is 32.9 Å². The molecule has 0 bridgehead atoms. The highest BCUT2D eigenvalue weighted by Gasteiger charge is 2.16. The standard InChI is InChI=1S/C21H14ClN5O2/c1-26-11-13-10-15(6-7-16(13)24-26)27-21(29)19(12-2-4-14(22)5-3-12)20-17(25-27)8-9-18(28)23-20/h2-11H,1H3,(H,23,28). The summed E-state index contributed by atoms with van der Waals surface area (Å²) in [6.07, 6.45) is 1.88. The number of hydrogen-bond donors (Lipinski definition) is 1. The lowest BCUT2D eigenvalue weighted by Crippen LogP contribution is -2.24. The molecule has 0 saturated carbocycles. The first kappa shape index (κ1) is 17.4. The number of aromatic nitrogens is 5. The average molecular weight is 404 g/mol. The van der Waals surface area contributed by atoms with Gasteiger partial charge in [0.25, 0.3) is 5.56 Å². The van der Waals surface area contributed by atoms with Gasteiger partial charge in [0, 0.05) is 29.7 Å². The summed E-state index contributed by atoms with van der Waals surface area (Å²) in [4.78, 5) is 28.1. The molecule has 5 aromatic rings. The van der Waals surface area contributed by atoms with E-state index in [1.165, 1.54) is 10.7 Å². The van der Waals surface area contributed by atoms with Gasteiger partial charge in [-0.3, -0.25) is 14.3 Å². The van der Waals surface area contributed by atoms with Crippen molar-refractivity contribution in [1.29, 1.82) is 0 Å². The number of nitrogens with zero attached hydrogens (tertiary/aromatic N) is 4. The molecule has 3 aromatic heterocycles. The van der Waals surface area contributed by atoms with E-state index in [0.717, 1.165) is 10.9 Å². The van der Waals surface area contributed by atoms with Gasteiger partial charge in [-0.05, 0) is 42.0 Å². The van der Waals surface area contributed by atoms with Gasteiger partial charge in [-0.25, -0.2) is 0 Å². The van der Waals surface area contributed by atoms with E-state index in [4.69, 9.17) is 11.6 Å². The molecule has 7 nitrogen and oxygen atoms in total. The molecule has 0 radical (unpaired) electrons. The molecule has 0 aliphatic carbocycles. The second kappa shape index (κ2) is 6.42. The van der Waals surface area contributed by atoms with Crippen LogP contribution in [-0.2, 0) is 7.05 Å². The Balaban J connectivity index is 1.85. The Morgan fingerprint density at radius 1 is 0.931 bits per heavy atom. The van der Waals surface area contributed by atoms with Gasteiger partial charge in [0.2, 0.25) is 5.56 Å². The smallest absolute Gasteiger partial charge is 0.281 e. The molecule has 0 atom stereocenters. The van der Waals surface area contributed by atoms with Crippen LogP contribution >= 0.6 is 11.6 Å². The quantitative estimate of drug-likeness (QED) is 0.490. The molecule has 2 aromatic carbocycles. The Hall–Kier alpha value is -3.71. The topological polar surface area (TPSA) is 85.6 Å². The first-order valence-electron chi connectivity index (χ1n) is 8.86. The molecule has 0 unspecified atom stereocenters. The van der Waals surface area contributed by atoms with Gasteiger partial charge in [0.1, 0.15) is 5.52 Å². The van der Waals surface area contributed by atoms with Crippen molar-refractivity contribution in [2.24, 2.45) is 7.05 Å². The number of benzene rings is 2. The highest BCUT2D eigenvalue weighted by atomic mass is 35.5. The molecule has 8 heteroatoms. The molecule has 5 rings (SSSR count). The summed E-state index contributed by atoms with van der Waals surface area (Å²) in [5, 5.41) is 10.3. The minimum absolute atomic E-state index is 0.302. The van der Waals surface area contributed by atoms with Gasteiger partial charge >= 0.3 is 0 Å². The predicted octanol–water partition coefficient (Wildman–Crippen LogP) is 3.28. The normalized spacial score (nSPS) is 11.4. The van der Waals surface area contributed by atoms with Crippen molar-refractivity contribution < 1.29 is 0 Å². The minimum Gasteiger partial charge on any atom is -0.320 e. The van der Waals surface area contributed by atoms with Crippen molar-refractivity contribution in [3.63, 3.8) is 0 Å². The lowest BCUT2D eigenvalue weighted by atomic mass is 10.1. The molecule has 3 heterocycles. The van der Waals surface area contributed by atoms with E-state index in [-0.39, 0.29) is 11.1 Å². The number of nitrogens with one attached hydrogen (secondary N) is 1. The second-order valence-electron chi connectivity index (χ2n) is 6.73. The SMILES string of the molecule is Cn1cc2cc(-n3nc4ccc(=O)[nH]c4c(-c4ccc(Cl)cc4)c3=O)ccc2n1. The largest absolute Gasteiger partial charge is 0.320 e. The van der Waals surface area contributed by atoms with Crippen LogP contribution in [0.25, 0.3) is 38.8 Å². The fraction of sp³-hybridized carbons (Fsp3) is 0.0476. The van der Waals surface area contributed by atoms with Crippen molar-refractivity contribution in [2.75, 3.05) is 0 Å². The van der Waals surface area contributed by atoms with E-state index < -0.39 is 0 Å². The summed E-state index contributed by atoms with van der Waals surface area (Å²) in [6.45, 7) is 0. The van der Waals surface area contributed by atoms with Gasteiger partial charge in [-0.1, -0.05) is 23.7 Å². The van der Waals surface area contributed by atoms with Crippen LogP contribution in [0.1, 0.15) is 0 Å². The van der Waals surface area contributed by atoms with Crippen LogP contribution in [0.2, 0.25) is 5.02 Å². The van der Waals surface area contributed by atoms with Gasteiger partial charge in [-0.15, -0.1) is 0 Å². The van der Waals surface area contributed by atoms with E-state index in [1.807, 2.05) is 25.4 Å². The van der Waals surface area contributed by atoms with Crippen LogP contribution in [0.15, 0.2) is 70.4 Å². The fourth-order valence-electron chi connectivity index (χ4n) is 3.43. The van der Waals surface area contributed by atoms with Crippen LogP contribution in [0.3, 0.4) is 0 Å². The van der Waals surface area contributed by atoms with Crippen molar-refractivity contribution in [3.05, 3.63) is 86.5 Å². The Morgan fingerprint density at radius 2 is 1.69 bits per heavy atom. The molecule has 142 valence electrons. The van der Waals surface area contributed by atoms with E-state index >= 15 is 0 Å². The number of pyridine rings is 1. The zero-order valence-corrected chi connectivity index (χ0v) is 16.0. The van der Waals surface area contributed by atoms with Crippen molar-refractivity contribution in [1.82, 2.24) is 24.5 Å². The van der Waals surface area contributed by atoms with Crippen LogP contribution in [-0.4, -0.2) is 24.5 Å². The minimum atomic E-state index is -0.343. The first-order valence-corrected chi connectivity index (χ1v) is 9.23. The summed E-state index contributed by atoms with van der Waals surface area (Å²) in [7, 11) is 1.84. The highest BCUT2D eigenvalue weighted by molar-refractivity contribution is 6.30. The van der Waals surface area contributed by atoms with Crippen molar-refractivity contribution in [2.45, 2.75) is 0 Å². The summed E-state index contributed by atoms with van der Waals surface area (Å²) < 4.78 is 3.06. The van der Waals surface area contributed by atoms with Gasteiger partial charge in [0.05, 0.1) is 22.3 Å². The molecule has 0 aliphatic rings. The van der Waals surface area contributed by atoms with Crippen molar-refractivity contribution in [3.8, 4) is 16.8 Å². The summed E-state index contributed by atoms with van der Waals surface area (Å²) in [5.41, 5.74) is 2.68. The third kappa shape index (κ3) is 2.92. The number of fused-ring (bicyclic) bond motifs is 2.